The number of nitrogens with one attached hydrogen (secondary N) is 2. The number of aryl methyl sites for hydroxylation is 2. The largest absolute Gasteiger partial charge is 0.332 e. The third kappa shape index (κ3) is 3.21. The van der Waals surface area contributed by atoms with Gasteiger partial charge in [-0.1, -0.05) is 5.21 Å². The van der Waals surface area contributed by atoms with Crippen molar-refractivity contribution in [2.24, 2.45) is 0 Å². The number of hydrogen-bond acceptors (Lipinski definition) is 5. The summed E-state index contributed by atoms with van der Waals surface area (Å²) in [4.78, 5) is 20.7. The molecule has 2 amide bonds. The summed E-state index contributed by atoms with van der Waals surface area (Å²) in [6, 6.07) is -0.279. The van der Waals surface area contributed by atoms with E-state index < -0.39 is 0 Å². The van der Waals surface area contributed by atoms with Gasteiger partial charge in [-0.2, -0.15) is 0 Å². The van der Waals surface area contributed by atoms with Gasteiger partial charge < -0.3 is 10.6 Å². The van der Waals surface area contributed by atoms with Crippen LogP contribution in [0.2, 0.25) is 0 Å². The van der Waals surface area contributed by atoms with Crippen LogP contribution in [0.3, 0.4) is 0 Å². The fraction of sp³-hybridized carbons (Fsp3) is 0.500. The Labute approximate surface area is 128 Å². The number of amides is 2. The maximum absolute atomic E-state index is 12.1. The second-order valence-electron chi connectivity index (χ2n) is 5.34. The lowest BCUT2D eigenvalue weighted by atomic mass is 10.2. The first-order valence-corrected chi connectivity index (χ1v) is 7.43. The van der Waals surface area contributed by atoms with Gasteiger partial charge in [-0.05, 0) is 26.7 Å². The molecule has 0 saturated heterocycles. The zero-order chi connectivity index (χ0) is 15.5. The highest BCUT2D eigenvalue weighted by atomic mass is 16.2. The van der Waals surface area contributed by atoms with Gasteiger partial charge in [0.2, 0.25) is 0 Å². The van der Waals surface area contributed by atoms with Gasteiger partial charge in [-0.25, -0.2) is 19.4 Å². The number of hydrogen-bond donors (Lipinski definition) is 2. The maximum atomic E-state index is 12.1. The van der Waals surface area contributed by atoms with Crippen LogP contribution in [0.15, 0.2) is 12.4 Å². The van der Waals surface area contributed by atoms with Crippen LogP contribution in [-0.2, 0) is 13.1 Å². The Morgan fingerprint density at radius 3 is 2.95 bits per heavy atom. The van der Waals surface area contributed by atoms with Crippen molar-refractivity contribution in [2.45, 2.75) is 45.7 Å². The van der Waals surface area contributed by atoms with Crippen LogP contribution in [0.1, 0.15) is 42.9 Å². The molecule has 8 nitrogen and oxygen atoms in total. The summed E-state index contributed by atoms with van der Waals surface area (Å²) in [5.74, 6) is 1.17. The summed E-state index contributed by atoms with van der Waals surface area (Å²) >= 11 is 0. The van der Waals surface area contributed by atoms with Gasteiger partial charge in [0.05, 0.1) is 36.0 Å². The summed E-state index contributed by atoms with van der Waals surface area (Å²) in [6.45, 7) is 4.92. The molecule has 1 aliphatic rings. The van der Waals surface area contributed by atoms with Gasteiger partial charge in [0, 0.05) is 12.5 Å². The van der Waals surface area contributed by atoms with Crippen LogP contribution >= 0.6 is 0 Å². The van der Waals surface area contributed by atoms with E-state index in [1.165, 1.54) is 0 Å². The second kappa shape index (κ2) is 6.08. The summed E-state index contributed by atoms with van der Waals surface area (Å²) in [5, 5.41) is 13.4. The SMILES string of the molecule is CCn1nncc1CNC(=O)Nc1cnc(C)nc1C1CC1. The van der Waals surface area contributed by atoms with Crippen LogP contribution in [0.4, 0.5) is 10.5 Å². The third-order valence-corrected chi connectivity index (χ3v) is 3.58. The van der Waals surface area contributed by atoms with Crippen LogP contribution in [0.5, 0.6) is 0 Å². The van der Waals surface area contributed by atoms with Crippen molar-refractivity contribution in [3.63, 3.8) is 0 Å². The molecule has 0 bridgehead atoms. The minimum Gasteiger partial charge on any atom is -0.332 e. The Bertz CT molecular complexity index is 678. The fourth-order valence-corrected chi connectivity index (χ4v) is 2.27. The van der Waals surface area contributed by atoms with E-state index >= 15 is 0 Å². The lowest BCUT2D eigenvalue weighted by Gasteiger charge is -2.11. The number of carbonyl (C=O) groups excluding carboxylic acids is 1. The second-order valence-corrected chi connectivity index (χ2v) is 5.34. The van der Waals surface area contributed by atoms with Gasteiger partial charge >= 0.3 is 6.03 Å². The Morgan fingerprint density at radius 2 is 2.23 bits per heavy atom. The number of aromatic nitrogens is 5. The molecule has 22 heavy (non-hydrogen) atoms. The number of carbonyl (C=O) groups is 1. The highest BCUT2D eigenvalue weighted by molar-refractivity contribution is 5.89. The van der Waals surface area contributed by atoms with Gasteiger partial charge in [-0.15, -0.1) is 5.10 Å². The lowest BCUT2D eigenvalue weighted by molar-refractivity contribution is 0.251. The molecular weight excluding hydrogens is 282 g/mol. The summed E-state index contributed by atoms with van der Waals surface area (Å²) < 4.78 is 1.74. The minimum absolute atomic E-state index is 0.279. The van der Waals surface area contributed by atoms with Gasteiger partial charge in [0.1, 0.15) is 5.82 Å². The maximum Gasteiger partial charge on any atom is 0.319 e. The van der Waals surface area contributed by atoms with Gasteiger partial charge in [0.15, 0.2) is 0 Å². The van der Waals surface area contributed by atoms with E-state index in [0.29, 0.717) is 18.2 Å². The summed E-state index contributed by atoms with van der Waals surface area (Å²) in [6.07, 6.45) is 5.56. The Hall–Kier alpha value is -2.51. The van der Waals surface area contributed by atoms with Crippen LogP contribution in [-0.4, -0.2) is 31.0 Å². The predicted octanol–water partition coefficient (Wildman–Crippen LogP) is 1.60. The quantitative estimate of drug-likeness (QED) is 0.874. The third-order valence-electron chi connectivity index (χ3n) is 3.58. The monoisotopic (exact) mass is 301 g/mol. The minimum atomic E-state index is -0.279. The van der Waals surface area contributed by atoms with Crippen LogP contribution in [0, 0.1) is 6.92 Å². The highest BCUT2D eigenvalue weighted by Gasteiger charge is 2.28. The smallest absolute Gasteiger partial charge is 0.319 e. The predicted molar refractivity (Wildman–Crippen MR) is 80.3 cm³/mol. The van der Waals surface area contributed by atoms with E-state index in [0.717, 1.165) is 36.6 Å². The van der Waals surface area contributed by atoms with Crippen molar-refractivity contribution in [2.75, 3.05) is 5.32 Å². The Kier molecular flexibility index (Phi) is 3.99. The Balaban J connectivity index is 1.62. The summed E-state index contributed by atoms with van der Waals surface area (Å²) in [7, 11) is 0. The van der Waals surface area contributed by atoms with Crippen molar-refractivity contribution in [1.82, 2.24) is 30.3 Å². The zero-order valence-electron chi connectivity index (χ0n) is 12.7. The molecule has 2 N–H and O–H groups in total. The standard InChI is InChI=1S/C14H19N7O/c1-3-21-11(7-17-20-21)6-16-14(22)19-12-8-15-9(2)18-13(12)10-4-5-10/h7-8,10H,3-6H2,1-2H3,(H2,16,19,22). The fourth-order valence-electron chi connectivity index (χ4n) is 2.27. The average molecular weight is 301 g/mol. The van der Waals surface area contributed by atoms with Crippen LogP contribution in [0.25, 0.3) is 0 Å². The number of urea groups is 1. The van der Waals surface area contributed by atoms with E-state index in [9.17, 15) is 4.79 Å². The molecule has 116 valence electrons. The van der Waals surface area contributed by atoms with Crippen molar-refractivity contribution >= 4 is 11.7 Å². The molecule has 1 aliphatic carbocycles. The number of anilines is 1. The first kappa shape index (κ1) is 14.4. The zero-order valence-corrected chi connectivity index (χ0v) is 12.7. The van der Waals surface area contributed by atoms with Gasteiger partial charge in [0.25, 0.3) is 0 Å². The molecule has 3 rings (SSSR count). The number of rotatable bonds is 5. The molecule has 1 saturated carbocycles. The topological polar surface area (TPSA) is 97.6 Å². The van der Waals surface area contributed by atoms with Crippen molar-refractivity contribution < 1.29 is 4.79 Å². The van der Waals surface area contributed by atoms with Gasteiger partial charge in [-0.3, -0.25) is 0 Å². The molecule has 0 atom stereocenters. The lowest BCUT2D eigenvalue weighted by Crippen LogP contribution is -2.29. The van der Waals surface area contributed by atoms with Crippen molar-refractivity contribution in [1.29, 1.82) is 0 Å². The molecule has 0 aliphatic heterocycles. The Morgan fingerprint density at radius 1 is 1.41 bits per heavy atom. The number of nitrogens with zero attached hydrogens (tertiary/aromatic N) is 5. The molecule has 0 spiro atoms. The average Bonchev–Trinajstić information content (AvgIpc) is 3.25. The normalized spacial score (nSPS) is 13.9. The molecule has 2 aromatic rings. The first-order valence-electron chi connectivity index (χ1n) is 7.43. The molecular formula is C14H19N7O. The van der Waals surface area contributed by atoms with E-state index in [4.69, 9.17) is 0 Å². The van der Waals surface area contributed by atoms with E-state index in [2.05, 4.69) is 30.9 Å². The van der Waals surface area contributed by atoms with E-state index in [1.54, 1.807) is 17.1 Å². The van der Waals surface area contributed by atoms with Crippen LogP contribution < -0.4 is 10.6 Å². The van der Waals surface area contributed by atoms with Crippen molar-refractivity contribution in [3.8, 4) is 0 Å². The summed E-state index contributed by atoms with van der Waals surface area (Å²) in [5.41, 5.74) is 2.48. The molecule has 8 heteroatoms. The molecule has 0 unspecified atom stereocenters. The molecule has 2 aromatic heterocycles. The highest BCUT2D eigenvalue weighted by Crippen LogP contribution is 2.42. The first-order chi connectivity index (χ1) is 10.7. The van der Waals surface area contributed by atoms with E-state index in [-0.39, 0.29) is 6.03 Å². The molecule has 1 fully saturated rings. The molecule has 2 heterocycles. The molecule has 0 aromatic carbocycles. The van der Waals surface area contributed by atoms with E-state index in [1.807, 2.05) is 13.8 Å². The van der Waals surface area contributed by atoms with Crippen molar-refractivity contribution in [3.05, 3.63) is 29.6 Å². The molecule has 0 radical (unpaired) electrons.